The van der Waals surface area contributed by atoms with Crippen molar-refractivity contribution in [3.05, 3.63) is 89.5 Å². The number of rotatable bonds is 5. The molecule has 0 fully saturated rings. The van der Waals surface area contributed by atoms with Gasteiger partial charge >= 0.3 is 5.95 Å². The first kappa shape index (κ1) is 23.8. The number of likely N-dealkylation sites (N-methyl/N-ethyl adjacent to an activating group) is 1. The predicted molar refractivity (Wildman–Crippen MR) is 138 cm³/mol. The molecule has 29 heavy (non-hydrogen) atoms. The highest BCUT2D eigenvalue weighted by atomic mass is 127. The third kappa shape index (κ3) is 5.55. The van der Waals surface area contributed by atoms with E-state index in [0.29, 0.717) is 5.95 Å². The zero-order chi connectivity index (χ0) is 21.2. The van der Waals surface area contributed by atoms with E-state index < -0.39 is 0 Å². The van der Waals surface area contributed by atoms with Crippen LogP contribution in [0, 0.1) is 0 Å². The first-order valence-corrected chi connectivity index (χ1v) is 14.1. The van der Waals surface area contributed by atoms with E-state index in [1.807, 2.05) is 57.2 Å². The van der Waals surface area contributed by atoms with Gasteiger partial charge in [-0.3, -0.25) is 0 Å². The molecule has 2 aromatic carbocycles. The van der Waals surface area contributed by atoms with Crippen molar-refractivity contribution in [1.82, 2.24) is 0 Å². The molecule has 3 nitrogen and oxygen atoms in total. The molecule has 0 amide bonds. The molecule has 0 atom stereocenters. The molecule has 0 radical (unpaired) electrons. The number of nitrogens with zero attached hydrogens (tertiary/aromatic N) is 1. The summed E-state index contributed by atoms with van der Waals surface area (Å²) in [4.78, 5) is 2.20. The molecule has 2 aromatic rings. The van der Waals surface area contributed by atoms with Crippen LogP contribution in [0.25, 0.3) is 5.57 Å². The number of ether oxygens (including phenoxy) is 1. The highest BCUT2D eigenvalue weighted by molar-refractivity contribution is 14.2. The second kappa shape index (κ2) is 12.2. The summed E-state index contributed by atoms with van der Waals surface area (Å²) in [6, 6.07) is 18.0. The van der Waals surface area contributed by atoms with Crippen molar-refractivity contribution in [2.24, 2.45) is 0 Å². The van der Waals surface area contributed by atoms with Crippen LogP contribution < -0.4 is 9.64 Å². The largest absolute Gasteiger partial charge is 0.425 e. The zero-order valence-electron chi connectivity index (χ0n) is 17.3. The Morgan fingerprint density at radius 3 is 2.24 bits per heavy atom. The smallest absolute Gasteiger partial charge is 0.307 e. The van der Waals surface area contributed by atoms with Gasteiger partial charge in [0.15, 0.2) is 0 Å². The van der Waals surface area contributed by atoms with Gasteiger partial charge in [-0.15, -0.1) is 0 Å². The molecule has 0 saturated heterocycles. The van der Waals surface area contributed by atoms with Crippen LogP contribution in [0.2, 0.25) is 0 Å². The Bertz CT molecular complexity index is 895. The van der Waals surface area contributed by atoms with Gasteiger partial charge in [0, 0.05) is 58.7 Å². The third-order valence-corrected chi connectivity index (χ3v) is 6.25. The summed E-state index contributed by atoms with van der Waals surface area (Å²) in [6.45, 7) is 8.09. The molecule has 1 aliphatic heterocycles. The first-order chi connectivity index (χ1) is 14.2. The lowest BCUT2D eigenvalue weighted by atomic mass is 9.89. The quantitative estimate of drug-likeness (QED) is 0.164. The molecular weight excluding hydrogens is 513 g/mol. The number of hydrogen-bond donors (Lipinski definition) is 0. The fourth-order valence-electron chi connectivity index (χ4n) is 3.17. The summed E-state index contributed by atoms with van der Waals surface area (Å²) in [5.41, 5.74) is 5.38. The molecule has 1 aliphatic rings. The van der Waals surface area contributed by atoms with Gasteiger partial charge in [0.25, 0.3) is 0 Å². The summed E-state index contributed by atoms with van der Waals surface area (Å²) in [5, 5.41) is 0. The standard InChI is InChI=1S/C21H20INO2S2.C2H6/c1-4-16-18(5-2)23(3)19-14-10-9-13-17(19)20(16)21(25-27-26-22)24-15-11-7-6-8-12-15;1-2/h4-14H,1-3H3;1-2H3/b16-4+,18-5+,21-20-;. The Morgan fingerprint density at radius 2 is 1.62 bits per heavy atom. The van der Waals surface area contributed by atoms with E-state index in [0.717, 1.165) is 33.8 Å². The maximum absolute atomic E-state index is 6.21. The average molecular weight is 540 g/mol. The van der Waals surface area contributed by atoms with E-state index in [9.17, 15) is 0 Å². The maximum Gasteiger partial charge on any atom is 0.307 e. The van der Waals surface area contributed by atoms with Crippen molar-refractivity contribution in [3.8, 4) is 5.75 Å². The van der Waals surface area contributed by atoms with Crippen LogP contribution in [0.3, 0.4) is 0 Å². The van der Waals surface area contributed by atoms with Crippen molar-refractivity contribution < 1.29 is 8.92 Å². The highest BCUT2D eigenvalue weighted by Gasteiger charge is 2.30. The average Bonchev–Trinajstić information content (AvgIpc) is 2.78. The molecular formula is C23H26INO2S2. The summed E-state index contributed by atoms with van der Waals surface area (Å²) in [6.07, 6.45) is 4.22. The third-order valence-electron chi connectivity index (χ3n) is 4.30. The Labute approximate surface area is 194 Å². The van der Waals surface area contributed by atoms with Crippen molar-refractivity contribution in [2.45, 2.75) is 27.7 Å². The molecule has 0 bridgehead atoms. The number of allylic oxidation sites excluding steroid dienone is 3. The number of fused-ring (bicyclic) bond motifs is 1. The van der Waals surface area contributed by atoms with Gasteiger partial charge < -0.3 is 13.8 Å². The topological polar surface area (TPSA) is 21.7 Å². The van der Waals surface area contributed by atoms with Gasteiger partial charge in [0.2, 0.25) is 0 Å². The molecule has 0 unspecified atom stereocenters. The lowest BCUT2D eigenvalue weighted by Gasteiger charge is -2.34. The molecule has 0 N–H and O–H groups in total. The van der Waals surface area contributed by atoms with Crippen LogP contribution >= 0.6 is 40.2 Å². The molecule has 0 aromatic heterocycles. The van der Waals surface area contributed by atoms with E-state index >= 15 is 0 Å². The Kier molecular flexibility index (Phi) is 10.0. The second-order valence-corrected chi connectivity index (χ2v) is 10.2. The number of anilines is 1. The van der Waals surface area contributed by atoms with E-state index in [-0.39, 0.29) is 0 Å². The minimum atomic E-state index is 0.489. The molecule has 1 heterocycles. The molecule has 0 spiro atoms. The van der Waals surface area contributed by atoms with E-state index in [2.05, 4.69) is 70.4 Å². The molecule has 154 valence electrons. The monoisotopic (exact) mass is 539 g/mol. The van der Waals surface area contributed by atoms with Crippen LogP contribution in [0.15, 0.2) is 84.0 Å². The van der Waals surface area contributed by atoms with Crippen molar-refractivity contribution >= 4 is 51.5 Å². The lowest BCUT2D eigenvalue weighted by molar-refractivity contribution is 0.258. The zero-order valence-corrected chi connectivity index (χ0v) is 21.1. The van der Waals surface area contributed by atoms with Gasteiger partial charge in [-0.1, -0.05) is 62.4 Å². The predicted octanol–water partition coefficient (Wildman–Crippen LogP) is 8.42. The first-order valence-electron chi connectivity index (χ1n) is 9.46. The van der Waals surface area contributed by atoms with Crippen LogP contribution in [0.4, 0.5) is 5.69 Å². The maximum atomic E-state index is 6.21. The molecule has 6 heteroatoms. The van der Waals surface area contributed by atoms with Crippen molar-refractivity contribution in [3.63, 3.8) is 0 Å². The number of para-hydroxylation sites is 2. The fraction of sp³-hybridized carbons (Fsp3) is 0.217. The number of benzene rings is 2. The van der Waals surface area contributed by atoms with Crippen LogP contribution in [0.5, 0.6) is 5.75 Å². The Balaban J connectivity index is 0.00000145. The molecule has 3 rings (SSSR count). The Morgan fingerprint density at radius 1 is 0.966 bits per heavy atom. The summed E-state index contributed by atoms with van der Waals surface area (Å²) < 4.78 is 12.2. The van der Waals surface area contributed by atoms with E-state index in [1.54, 1.807) is 0 Å². The van der Waals surface area contributed by atoms with E-state index in [1.165, 1.54) is 19.0 Å². The minimum Gasteiger partial charge on any atom is -0.425 e. The van der Waals surface area contributed by atoms with Crippen LogP contribution in [-0.2, 0) is 4.18 Å². The highest BCUT2D eigenvalue weighted by Crippen LogP contribution is 2.46. The Hall–Kier alpha value is -1.51. The van der Waals surface area contributed by atoms with Gasteiger partial charge in [0.1, 0.15) is 16.8 Å². The van der Waals surface area contributed by atoms with E-state index in [4.69, 9.17) is 8.92 Å². The number of halogens is 1. The number of hydrogen-bond acceptors (Lipinski definition) is 5. The van der Waals surface area contributed by atoms with Gasteiger partial charge in [0.05, 0.1) is 5.57 Å². The molecule has 0 aliphatic carbocycles. The summed E-state index contributed by atoms with van der Waals surface area (Å²) in [5.74, 6) is 1.23. The van der Waals surface area contributed by atoms with Crippen LogP contribution in [0.1, 0.15) is 33.3 Å². The lowest BCUT2D eigenvalue weighted by Crippen LogP contribution is -2.25. The fourth-order valence-corrected chi connectivity index (χ4v) is 4.30. The van der Waals surface area contributed by atoms with Gasteiger partial charge in [-0.25, -0.2) is 0 Å². The second-order valence-electron chi connectivity index (χ2n) is 5.74. The van der Waals surface area contributed by atoms with Gasteiger partial charge in [-0.2, -0.15) is 0 Å². The van der Waals surface area contributed by atoms with Crippen LogP contribution in [-0.4, -0.2) is 7.05 Å². The SMILES string of the molecule is C/C=C1C(=C(/OSSI)Oc2ccccc2)/c2ccccc2N(C)C/1=C/C.CC. The van der Waals surface area contributed by atoms with Crippen molar-refractivity contribution in [1.29, 1.82) is 0 Å². The molecule has 0 saturated carbocycles. The summed E-state index contributed by atoms with van der Waals surface area (Å²) in [7, 11) is 3.59. The minimum absolute atomic E-state index is 0.489. The van der Waals surface area contributed by atoms with Crippen molar-refractivity contribution in [2.75, 3.05) is 11.9 Å². The summed E-state index contributed by atoms with van der Waals surface area (Å²) >= 11 is 3.48. The normalized spacial score (nSPS) is 17.4. The van der Waals surface area contributed by atoms with Gasteiger partial charge in [-0.05, 0) is 32.0 Å².